The van der Waals surface area contributed by atoms with Crippen LogP contribution < -0.4 is 5.32 Å². The van der Waals surface area contributed by atoms with Crippen molar-refractivity contribution < 1.29 is 4.39 Å². The fourth-order valence-electron chi connectivity index (χ4n) is 1.80. The van der Waals surface area contributed by atoms with E-state index in [0.717, 1.165) is 25.5 Å². The van der Waals surface area contributed by atoms with E-state index in [0.29, 0.717) is 5.56 Å². The van der Waals surface area contributed by atoms with Crippen LogP contribution in [0.2, 0.25) is 0 Å². The number of rotatable bonds is 2. The van der Waals surface area contributed by atoms with E-state index in [-0.39, 0.29) is 5.82 Å². The normalized spacial score (nSPS) is 10.9. The van der Waals surface area contributed by atoms with E-state index >= 15 is 0 Å². The van der Waals surface area contributed by atoms with Crippen LogP contribution in [0, 0.1) is 12.7 Å². The topological polar surface area (TPSA) is 24.9 Å². The Kier molecular flexibility index (Phi) is 3.24. The van der Waals surface area contributed by atoms with Crippen LogP contribution in [0.1, 0.15) is 5.56 Å². The first-order valence-corrected chi connectivity index (χ1v) is 7.32. The lowest BCUT2D eigenvalue weighted by Gasteiger charge is -2.03. The maximum atomic E-state index is 13.2. The molecule has 0 saturated carbocycles. The quantitative estimate of drug-likeness (QED) is 0.691. The summed E-state index contributed by atoms with van der Waals surface area (Å²) in [6, 6.07) is 10.9. The Balaban J connectivity index is 1.94. The fraction of sp³-hybridized carbons (Fsp3) is 0.0714. The van der Waals surface area contributed by atoms with Gasteiger partial charge in [0.1, 0.15) is 5.82 Å². The first kappa shape index (κ1) is 12.6. The van der Waals surface area contributed by atoms with Crippen LogP contribution in [-0.4, -0.2) is 4.98 Å². The number of benzene rings is 2. The van der Waals surface area contributed by atoms with Crippen LogP contribution in [0.4, 0.5) is 15.2 Å². The van der Waals surface area contributed by atoms with Crippen molar-refractivity contribution in [2.75, 3.05) is 5.32 Å². The van der Waals surface area contributed by atoms with Gasteiger partial charge < -0.3 is 5.32 Å². The van der Waals surface area contributed by atoms with Gasteiger partial charge in [0.2, 0.25) is 0 Å². The standard InChI is InChI=1S/C14H10BrFN2S/c1-8-6-10(3-4-11(8)16)17-14-18-12-7-9(15)2-5-13(12)19-14/h2-7H,1H3,(H,17,18). The molecule has 0 amide bonds. The number of hydrogen-bond donors (Lipinski definition) is 1. The second-order valence-electron chi connectivity index (χ2n) is 4.22. The summed E-state index contributed by atoms with van der Waals surface area (Å²) in [5, 5.41) is 4.01. The molecule has 3 rings (SSSR count). The van der Waals surface area contributed by atoms with Gasteiger partial charge in [0.05, 0.1) is 10.2 Å². The van der Waals surface area contributed by atoms with Crippen molar-refractivity contribution in [2.24, 2.45) is 0 Å². The molecule has 5 heteroatoms. The number of aromatic nitrogens is 1. The summed E-state index contributed by atoms with van der Waals surface area (Å²) in [5.74, 6) is -0.196. The number of aryl methyl sites for hydroxylation is 1. The molecule has 0 aliphatic rings. The maximum absolute atomic E-state index is 13.2. The number of thiazole rings is 1. The van der Waals surface area contributed by atoms with Gasteiger partial charge in [0.15, 0.2) is 5.13 Å². The summed E-state index contributed by atoms with van der Waals surface area (Å²) in [6.07, 6.45) is 0. The third kappa shape index (κ3) is 2.62. The van der Waals surface area contributed by atoms with Crippen molar-refractivity contribution in [3.05, 3.63) is 52.3 Å². The molecule has 0 radical (unpaired) electrons. The number of halogens is 2. The number of hydrogen-bond acceptors (Lipinski definition) is 3. The van der Waals surface area contributed by atoms with Gasteiger partial charge >= 0.3 is 0 Å². The molecule has 1 aromatic heterocycles. The Bertz CT molecular complexity index is 754. The Morgan fingerprint density at radius 1 is 1.21 bits per heavy atom. The van der Waals surface area contributed by atoms with Gasteiger partial charge in [-0.3, -0.25) is 0 Å². The van der Waals surface area contributed by atoms with E-state index < -0.39 is 0 Å². The molecular weight excluding hydrogens is 327 g/mol. The molecule has 0 unspecified atom stereocenters. The van der Waals surface area contributed by atoms with Crippen LogP contribution in [0.15, 0.2) is 40.9 Å². The van der Waals surface area contributed by atoms with E-state index in [4.69, 9.17) is 0 Å². The van der Waals surface area contributed by atoms with E-state index in [1.807, 2.05) is 18.2 Å². The molecule has 19 heavy (non-hydrogen) atoms. The lowest BCUT2D eigenvalue weighted by molar-refractivity contribution is 0.619. The molecule has 0 bridgehead atoms. The Hall–Kier alpha value is -1.46. The predicted octanol–water partition coefficient (Wildman–Crippen LogP) is 5.25. The van der Waals surface area contributed by atoms with Crippen molar-refractivity contribution in [1.29, 1.82) is 0 Å². The van der Waals surface area contributed by atoms with Gasteiger partial charge in [-0.15, -0.1) is 0 Å². The molecule has 3 aromatic rings. The van der Waals surface area contributed by atoms with E-state index in [2.05, 4.69) is 26.2 Å². The zero-order valence-corrected chi connectivity index (χ0v) is 12.5. The van der Waals surface area contributed by atoms with Gasteiger partial charge in [-0.25, -0.2) is 9.37 Å². The van der Waals surface area contributed by atoms with Gasteiger partial charge in [0, 0.05) is 10.2 Å². The number of nitrogens with zero attached hydrogens (tertiary/aromatic N) is 1. The molecule has 96 valence electrons. The average molecular weight is 337 g/mol. The highest BCUT2D eigenvalue weighted by atomic mass is 79.9. The second-order valence-corrected chi connectivity index (χ2v) is 6.17. The highest BCUT2D eigenvalue weighted by Crippen LogP contribution is 2.30. The Labute approximate surface area is 122 Å². The number of anilines is 2. The van der Waals surface area contributed by atoms with E-state index in [1.54, 1.807) is 30.4 Å². The summed E-state index contributed by atoms with van der Waals surface area (Å²) in [5.41, 5.74) is 2.41. The molecule has 2 aromatic carbocycles. The zero-order chi connectivity index (χ0) is 13.4. The summed E-state index contributed by atoms with van der Waals surface area (Å²) in [7, 11) is 0. The molecule has 0 aliphatic carbocycles. The van der Waals surface area contributed by atoms with E-state index in [1.165, 1.54) is 6.07 Å². The van der Waals surface area contributed by atoms with Crippen LogP contribution in [-0.2, 0) is 0 Å². The minimum absolute atomic E-state index is 0.196. The average Bonchev–Trinajstić information content (AvgIpc) is 2.75. The van der Waals surface area contributed by atoms with Gasteiger partial charge in [0.25, 0.3) is 0 Å². The first-order valence-electron chi connectivity index (χ1n) is 5.71. The van der Waals surface area contributed by atoms with Crippen molar-refractivity contribution in [2.45, 2.75) is 6.92 Å². The summed E-state index contributed by atoms with van der Waals surface area (Å²) < 4.78 is 15.3. The fourth-order valence-corrected chi connectivity index (χ4v) is 3.02. The molecular formula is C14H10BrFN2S. The van der Waals surface area contributed by atoms with Crippen molar-refractivity contribution in [3.8, 4) is 0 Å². The van der Waals surface area contributed by atoms with Gasteiger partial charge in [-0.1, -0.05) is 27.3 Å². The number of fused-ring (bicyclic) bond motifs is 1. The minimum atomic E-state index is -0.196. The molecule has 1 N–H and O–H groups in total. The minimum Gasteiger partial charge on any atom is -0.332 e. The van der Waals surface area contributed by atoms with Crippen molar-refractivity contribution in [1.82, 2.24) is 4.98 Å². The largest absolute Gasteiger partial charge is 0.332 e. The summed E-state index contributed by atoms with van der Waals surface area (Å²) in [4.78, 5) is 4.50. The van der Waals surface area contributed by atoms with Gasteiger partial charge in [-0.05, 0) is 48.9 Å². The summed E-state index contributed by atoms with van der Waals surface area (Å²) >= 11 is 5.00. The van der Waals surface area contributed by atoms with Crippen LogP contribution >= 0.6 is 27.3 Å². The molecule has 2 nitrogen and oxygen atoms in total. The highest BCUT2D eigenvalue weighted by Gasteiger charge is 2.05. The SMILES string of the molecule is Cc1cc(Nc2nc3cc(Br)ccc3s2)ccc1F. The lowest BCUT2D eigenvalue weighted by Crippen LogP contribution is -1.91. The van der Waals surface area contributed by atoms with Crippen molar-refractivity contribution >= 4 is 48.3 Å². The first-order chi connectivity index (χ1) is 9.11. The van der Waals surface area contributed by atoms with Gasteiger partial charge in [-0.2, -0.15) is 0 Å². The van der Waals surface area contributed by atoms with Crippen molar-refractivity contribution in [3.63, 3.8) is 0 Å². The number of nitrogens with one attached hydrogen (secondary N) is 1. The third-order valence-corrected chi connectivity index (χ3v) is 4.20. The van der Waals surface area contributed by atoms with E-state index in [9.17, 15) is 4.39 Å². The molecule has 0 saturated heterocycles. The molecule has 0 atom stereocenters. The monoisotopic (exact) mass is 336 g/mol. The zero-order valence-electron chi connectivity index (χ0n) is 10.1. The lowest BCUT2D eigenvalue weighted by atomic mass is 10.2. The Morgan fingerprint density at radius 2 is 2.05 bits per heavy atom. The molecule has 0 spiro atoms. The third-order valence-electron chi connectivity index (χ3n) is 2.76. The van der Waals surface area contributed by atoms with Crippen LogP contribution in [0.25, 0.3) is 10.2 Å². The van der Waals surface area contributed by atoms with Crippen LogP contribution in [0.5, 0.6) is 0 Å². The smallest absolute Gasteiger partial charge is 0.188 e. The molecule has 1 heterocycles. The predicted molar refractivity (Wildman–Crippen MR) is 81.7 cm³/mol. The highest BCUT2D eigenvalue weighted by molar-refractivity contribution is 9.10. The Morgan fingerprint density at radius 3 is 2.84 bits per heavy atom. The molecule has 0 aliphatic heterocycles. The maximum Gasteiger partial charge on any atom is 0.188 e. The van der Waals surface area contributed by atoms with Crippen LogP contribution in [0.3, 0.4) is 0 Å². The second kappa shape index (κ2) is 4.90. The molecule has 0 fully saturated rings. The summed E-state index contributed by atoms with van der Waals surface area (Å²) in [6.45, 7) is 1.75.